The van der Waals surface area contributed by atoms with Gasteiger partial charge in [-0.05, 0) is 68.4 Å². The van der Waals surface area contributed by atoms with Crippen molar-refractivity contribution in [2.24, 2.45) is 0 Å². The number of aromatic nitrogens is 1. The Bertz CT molecular complexity index is 1200. The van der Waals surface area contributed by atoms with E-state index in [4.69, 9.17) is 4.74 Å². The highest BCUT2D eigenvalue weighted by molar-refractivity contribution is 7.13. The molecule has 0 unspecified atom stereocenters. The number of carbonyl (C=O) groups excluding carboxylic acids is 2. The van der Waals surface area contributed by atoms with Gasteiger partial charge in [-0.3, -0.25) is 10.1 Å². The third-order valence-electron chi connectivity index (χ3n) is 6.90. The van der Waals surface area contributed by atoms with Gasteiger partial charge in [0.25, 0.3) is 5.91 Å². The van der Waals surface area contributed by atoms with Crippen LogP contribution in [0, 0.1) is 0 Å². The Morgan fingerprint density at radius 1 is 1.08 bits per heavy atom. The standard InChI is InChI=1S/C28H35N5O3S/c1-28(2,21-9-11-23(36-4)12-10-21)24-18-37-27(31-24)32-26(35)29-17-19-5-7-20(8-6-19)25(34)30-22-13-15-33(3)16-14-22/h5-12,18,22H,13-17H2,1-4H3,(H,30,34)(H2,29,31,32,35). The molecule has 0 bridgehead atoms. The van der Waals surface area contributed by atoms with Crippen molar-refractivity contribution in [2.45, 2.75) is 44.7 Å². The Labute approximate surface area is 222 Å². The lowest BCUT2D eigenvalue weighted by atomic mass is 9.82. The third kappa shape index (κ3) is 6.87. The minimum absolute atomic E-state index is 0.0519. The number of nitrogens with one attached hydrogen (secondary N) is 3. The number of anilines is 1. The molecule has 196 valence electrons. The molecule has 2 heterocycles. The average Bonchev–Trinajstić information content (AvgIpc) is 3.38. The number of hydrogen-bond donors (Lipinski definition) is 3. The number of ether oxygens (including phenoxy) is 1. The van der Waals surface area contributed by atoms with Crippen LogP contribution in [-0.4, -0.2) is 55.1 Å². The number of amides is 3. The molecule has 2 aromatic carbocycles. The molecule has 1 saturated heterocycles. The summed E-state index contributed by atoms with van der Waals surface area (Å²) in [5, 5.41) is 11.3. The van der Waals surface area contributed by atoms with E-state index >= 15 is 0 Å². The quantitative estimate of drug-likeness (QED) is 0.402. The van der Waals surface area contributed by atoms with Crippen molar-refractivity contribution >= 4 is 28.4 Å². The first-order valence-corrected chi connectivity index (χ1v) is 13.4. The maximum absolute atomic E-state index is 12.6. The molecule has 0 radical (unpaired) electrons. The number of hydrogen-bond acceptors (Lipinski definition) is 6. The van der Waals surface area contributed by atoms with Gasteiger partial charge in [0.05, 0.1) is 12.8 Å². The predicted molar refractivity (Wildman–Crippen MR) is 148 cm³/mol. The van der Waals surface area contributed by atoms with Gasteiger partial charge in [-0.15, -0.1) is 11.3 Å². The minimum atomic E-state index is -0.327. The molecule has 37 heavy (non-hydrogen) atoms. The summed E-state index contributed by atoms with van der Waals surface area (Å²) in [6.07, 6.45) is 1.94. The molecule has 4 rings (SSSR count). The molecule has 3 aromatic rings. The average molecular weight is 522 g/mol. The third-order valence-corrected chi connectivity index (χ3v) is 7.66. The second-order valence-corrected chi connectivity index (χ2v) is 10.8. The first-order valence-electron chi connectivity index (χ1n) is 12.5. The normalized spacial score (nSPS) is 14.7. The zero-order valence-electron chi connectivity index (χ0n) is 21.8. The molecule has 0 saturated carbocycles. The van der Waals surface area contributed by atoms with Crippen molar-refractivity contribution in [1.29, 1.82) is 0 Å². The maximum Gasteiger partial charge on any atom is 0.321 e. The molecule has 1 fully saturated rings. The van der Waals surface area contributed by atoms with Crippen LogP contribution >= 0.6 is 11.3 Å². The van der Waals surface area contributed by atoms with Gasteiger partial charge >= 0.3 is 6.03 Å². The van der Waals surface area contributed by atoms with Gasteiger partial charge in [0.15, 0.2) is 5.13 Å². The highest BCUT2D eigenvalue weighted by Crippen LogP contribution is 2.34. The Balaban J connectivity index is 1.26. The summed E-state index contributed by atoms with van der Waals surface area (Å²) in [6.45, 7) is 6.55. The van der Waals surface area contributed by atoms with Crippen LogP contribution in [0.2, 0.25) is 0 Å². The van der Waals surface area contributed by atoms with Crippen LogP contribution in [0.25, 0.3) is 0 Å². The minimum Gasteiger partial charge on any atom is -0.497 e. The molecular formula is C28H35N5O3S. The van der Waals surface area contributed by atoms with Crippen LogP contribution in [0.1, 0.15) is 53.9 Å². The first-order chi connectivity index (χ1) is 17.7. The zero-order chi connectivity index (χ0) is 26.4. The fourth-order valence-corrected chi connectivity index (χ4v) is 5.17. The number of benzene rings is 2. The van der Waals surface area contributed by atoms with Gasteiger partial charge in [-0.2, -0.15) is 0 Å². The molecule has 1 aromatic heterocycles. The number of urea groups is 1. The molecule has 8 nitrogen and oxygen atoms in total. The molecule has 3 N–H and O–H groups in total. The molecule has 1 aliphatic heterocycles. The van der Waals surface area contributed by atoms with E-state index in [1.807, 2.05) is 41.8 Å². The summed E-state index contributed by atoms with van der Waals surface area (Å²) in [6, 6.07) is 15.2. The number of nitrogens with zero attached hydrogens (tertiary/aromatic N) is 2. The lowest BCUT2D eigenvalue weighted by molar-refractivity contribution is 0.0917. The summed E-state index contributed by atoms with van der Waals surface area (Å²) in [4.78, 5) is 31.9. The molecule has 9 heteroatoms. The zero-order valence-corrected chi connectivity index (χ0v) is 22.7. The largest absolute Gasteiger partial charge is 0.497 e. The molecular weight excluding hydrogens is 486 g/mol. The topological polar surface area (TPSA) is 95.6 Å². The fraction of sp³-hybridized carbons (Fsp3) is 0.393. The number of methoxy groups -OCH3 is 1. The summed E-state index contributed by atoms with van der Waals surface area (Å²) in [7, 11) is 3.75. The monoisotopic (exact) mass is 521 g/mol. The van der Waals surface area contributed by atoms with Crippen LogP contribution < -0.4 is 20.7 Å². The molecule has 3 amide bonds. The number of rotatable bonds is 8. The Kier molecular flexibility index (Phi) is 8.45. The van der Waals surface area contributed by atoms with E-state index in [2.05, 4.69) is 46.7 Å². The first kappa shape index (κ1) is 26.6. The lowest BCUT2D eigenvalue weighted by Crippen LogP contribution is -2.43. The van der Waals surface area contributed by atoms with Crippen LogP contribution in [-0.2, 0) is 12.0 Å². The highest BCUT2D eigenvalue weighted by atomic mass is 32.1. The van der Waals surface area contributed by atoms with Gasteiger partial charge in [0.1, 0.15) is 5.75 Å². The van der Waals surface area contributed by atoms with Crippen LogP contribution in [0.15, 0.2) is 53.9 Å². The van der Waals surface area contributed by atoms with E-state index in [1.165, 1.54) is 11.3 Å². The van der Waals surface area contributed by atoms with E-state index in [9.17, 15) is 9.59 Å². The van der Waals surface area contributed by atoms with Crippen molar-refractivity contribution in [1.82, 2.24) is 20.5 Å². The van der Waals surface area contributed by atoms with Crippen molar-refractivity contribution in [3.8, 4) is 5.75 Å². The van der Waals surface area contributed by atoms with Gasteiger partial charge in [0.2, 0.25) is 0 Å². The van der Waals surface area contributed by atoms with Gasteiger partial charge in [0, 0.05) is 28.9 Å². The summed E-state index contributed by atoms with van der Waals surface area (Å²) in [5.41, 5.74) is 3.21. The number of thiazole rings is 1. The molecule has 0 atom stereocenters. The van der Waals surface area contributed by atoms with E-state index in [-0.39, 0.29) is 23.4 Å². The van der Waals surface area contributed by atoms with Gasteiger partial charge < -0.3 is 20.3 Å². The van der Waals surface area contributed by atoms with E-state index < -0.39 is 0 Å². The van der Waals surface area contributed by atoms with Crippen LogP contribution in [0.5, 0.6) is 5.75 Å². The molecule has 0 spiro atoms. The van der Waals surface area contributed by atoms with E-state index in [0.717, 1.165) is 48.5 Å². The van der Waals surface area contributed by atoms with Crippen molar-refractivity contribution < 1.29 is 14.3 Å². The maximum atomic E-state index is 12.6. The summed E-state index contributed by atoms with van der Waals surface area (Å²) < 4.78 is 5.25. The van der Waals surface area contributed by atoms with Gasteiger partial charge in [-0.25, -0.2) is 9.78 Å². The van der Waals surface area contributed by atoms with Crippen LogP contribution in [0.3, 0.4) is 0 Å². The Morgan fingerprint density at radius 3 is 2.41 bits per heavy atom. The van der Waals surface area contributed by atoms with E-state index in [1.54, 1.807) is 19.2 Å². The second kappa shape index (κ2) is 11.7. The van der Waals surface area contributed by atoms with Crippen molar-refractivity contribution in [3.05, 3.63) is 76.3 Å². The smallest absolute Gasteiger partial charge is 0.321 e. The molecule has 0 aliphatic carbocycles. The highest BCUT2D eigenvalue weighted by Gasteiger charge is 2.26. The molecule has 1 aliphatic rings. The Hall–Kier alpha value is -3.43. The van der Waals surface area contributed by atoms with Crippen molar-refractivity contribution in [3.63, 3.8) is 0 Å². The van der Waals surface area contributed by atoms with Crippen molar-refractivity contribution in [2.75, 3.05) is 32.6 Å². The Morgan fingerprint density at radius 2 is 1.76 bits per heavy atom. The number of piperidine rings is 1. The number of likely N-dealkylation sites (tertiary alicyclic amines) is 1. The predicted octanol–water partition coefficient (Wildman–Crippen LogP) is 4.62. The fourth-order valence-electron chi connectivity index (χ4n) is 4.29. The van der Waals surface area contributed by atoms with E-state index in [0.29, 0.717) is 17.2 Å². The number of carbonyl (C=O) groups is 2. The van der Waals surface area contributed by atoms with Gasteiger partial charge in [-0.1, -0.05) is 38.1 Å². The van der Waals surface area contributed by atoms with Crippen LogP contribution in [0.4, 0.5) is 9.93 Å². The summed E-state index contributed by atoms with van der Waals surface area (Å²) in [5.74, 6) is 0.756. The summed E-state index contributed by atoms with van der Waals surface area (Å²) >= 11 is 1.39. The lowest BCUT2D eigenvalue weighted by Gasteiger charge is -2.29. The SMILES string of the molecule is COc1ccc(C(C)(C)c2csc(NC(=O)NCc3ccc(C(=O)NC4CCN(C)CC4)cc3)n2)cc1. The second-order valence-electron chi connectivity index (χ2n) is 9.95.